The van der Waals surface area contributed by atoms with E-state index in [0.717, 1.165) is 0 Å². The number of aromatic nitrogens is 2. The van der Waals surface area contributed by atoms with Crippen molar-refractivity contribution in [2.24, 2.45) is 0 Å². The molecule has 28 heavy (non-hydrogen) atoms. The summed E-state index contributed by atoms with van der Waals surface area (Å²) >= 11 is 5.88. The quantitative estimate of drug-likeness (QED) is 0.539. The van der Waals surface area contributed by atoms with Crippen molar-refractivity contribution < 1.29 is 9.59 Å². The lowest BCUT2D eigenvalue weighted by molar-refractivity contribution is 0.101. The minimum absolute atomic E-state index is 0.126. The van der Waals surface area contributed by atoms with Gasteiger partial charge in [0.1, 0.15) is 0 Å². The number of amides is 2. The lowest BCUT2D eigenvalue weighted by Gasteiger charge is -2.03. The number of imidazole rings is 1. The largest absolute Gasteiger partial charge is 0.321 e. The van der Waals surface area contributed by atoms with Crippen molar-refractivity contribution in [3.05, 3.63) is 95.5 Å². The molecule has 0 unspecified atom stereocenters. The number of rotatable bonds is 4. The third-order valence-corrected chi connectivity index (χ3v) is 4.35. The number of hydrogen-bond donors (Lipinski definition) is 2. The van der Waals surface area contributed by atoms with Crippen LogP contribution in [0.25, 0.3) is 5.52 Å². The summed E-state index contributed by atoms with van der Waals surface area (Å²) in [5, 5.41) is 6.14. The molecule has 0 spiro atoms. The third-order valence-electron chi connectivity index (χ3n) is 4.10. The second-order valence-corrected chi connectivity index (χ2v) is 6.46. The smallest absolute Gasteiger partial charge is 0.292 e. The first-order valence-corrected chi connectivity index (χ1v) is 8.90. The molecular weight excluding hydrogens is 376 g/mol. The van der Waals surface area contributed by atoms with E-state index in [1.165, 1.54) is 0 Å². The van der Waals surface area contributed by atoms with Crippen molar-refractivity contribution in [3.8, 4) is 0 Å². The normalized spacial score (nSPS) is 10.6. The molecule has 4 aromatic rings. The van der Waals surface area contributed by atoms with Crippen LogP contribution in [-0.4, -0.2) is 21.2 Å². The van der Waals surface area contributed by atoms with Crippen LogP contribution in [0.1, 0.15) is 21.1 Å². The van der Waals surface area contributed by atoms with Crippen LogP contribution in [0.3, 0.4) is 0 Å². The Labute approximate surface area is 165 Å². The summed E-state index contributed by atoms with van der Waals surface area (Å²) in [6.45, 7) is 0. The molecule has 2 heterocycles. The van der Waals surface area contributed by atoms with Gasteiger partial charge in [0.25, 0.3) is 11.8 Å². The molecule has 2 amide bonds. The highest BCUT2D eigenvalue weighted by Gasteiger charge is 2.21. The van der Waals surface area contributed by atoms with E-state index >= 15 is 0 Å². The number of nitrogens with zero attached hydrogens (tertiary/aromatic N) is 2. The first-order chi connectivity index (χ1) is 13.6. The minimum Gasteiger partial charge on any atom is -0.321 e. The van der Waals surface area contributed by atoms with Crippen LogP contribution in [-0.2, 0) is 0 Å². The minimum atomic E-state index is -0.412. The average molecular weight is 391 g/mol. The Morgan fingerprint density at radius 1 is 0.786 bits per heavy atom. The zero-order chi connectivity index (χ0) is 19.5. The van der Waals surface area contributed by atoms with Crippen molar-refractivity contribution in [1.29, 1.82) is 0 Å². The summed E-state index contributed by atoms with van der Waals surface area (Å²) in [5.41, 5.74) is 1.93. The van der Waals surface area contributed by atoms with Gasteiger partial charge in [-0.15, -0.1) is 0 Å². The number of nitrogens with one attached hydrogen (secondary N) is 2. The summed E-state index contributed by atoms with van der Waals surface area (Å²) in [6.07, 6.45) is 1.70. The molecule has 0 aliphatic carbocycles. The molecule has 2 aromatic heterocycles. The highest BCUT2D eigenvalue weighted by molar-refractivity contribution is 6.30. The molecule has 138 valence electrons. The van der Waals surface area contributed by atoms with Gasteiger partial charge in [-0.3, -0.25) is 14.0 Å². The Balaban J connectivity index is 1.67. The highest BCUT2D eigenvalue weighted by atomic mass is 35.5. The first kappa shape index (κ1) is 17.8. The monoisotopic (exact) mass is 390 g/mol. The van der Waals surface area contributed by atoms with E-state index in [-0.39, 0.29) is 11.5 Å². The fourth-order valence-corrected chi connectivity index (χ4v) is 2.92. The van der Waals surface area contributed by atoms with E-state index < -0.39 is 11.8 Å². The van der Waals surface area contributed by atoms with E-state index in [0.29, 0.717) is 21.9 Å². The standard InChI is InChI=1S/C21H15ClN4O2/c22-14-9-11-16(12-10-14)23-20(27)18-17-8-4-5-13-26(17)19(25-18)21(28)24-15-6-2-1-3-7-15/h1-13H,(H,23,27)(H,24,28). The predicted octanol–water partition coefficient (Wildman–Crippen LogP) is 4.49. The number of para-hydroxylation sites is 1. The summed E-state index contributed by atoms with van der Waals surface area (Å²) in [4.78, 5) is 29.8. The Bertz CT molecular complexity index is 1150. The molecule has 6 nitrogen and oxygen atoms in total. The van der Waals surface area contributed by atoms with Gasteiger partial charge < -0.3 is 10.6 Å². The number of anilines is 2. The van der Waals surface area contributed by atoms with Crippen molar-refractivity contribution in [2.75, 3.05) is 10.6 Å². The van der Waals surface area contributed by atoms with Crippen molar-refractivity contribution in [2.45, 2.75) is 0 Å². The van der Waals surface area contributed by atoms with Crippen LogP contribution in [0.4, 0.5) is 11.4 Å². The SMILES string of the molecule is O=C(Nc1ccc(Cl)cc1)c1nc(C(=O)Nc2ccccc2)n2ccccc12. The second kappa shape index (κ2) is 7.54. The zero-order valence-electron chi connectivity index (χ0n) is 14.6. The van der Waals surface area contributed by atoms with E-state index in [4.69, 9.17) is 11.6 Å². The van der Waals surface area contributed by atoms with Gasteiger partial charge in [0.05, 0.1) is 5.52 Å². The van der Waals surface area contributed by atoms with Gasteiger partial charge in [0.2, 0.25) is 5.82 Å². The van der Waals surface area contributed by atoms with Crippen LogP contribution >= 0.6 is 11.6 Å². The van der Waals surface area contributed by atoms with Gasteiger partial charge in [-0.25, -0.2) is 4.98 Å². The molecular formula is C21H15ClN4O2. The topological polar surface area (TPSA) is 75.5 Å². The zero-order valence-corrected chi connectivity index (χ0v) is 15.4. The summed E-state index contributed by atoms with van der Waals surface area (Å²) in [5.74, 6) is -0.691. The molecule has 4 rings (SSSR count). The maximum absolute atomic E-state index is 12.8. The Hall–Kier alpha value is -3.64. The van der Waals surface area contributed by atoms with Crippen LogP contribution in [0, 0.1) is 0 Å². The number of pyridine rings is 1. The van der Waals surface area contributed by atoms with Crippen LogP contribution in [0.2, 0.25) is 5.02 Å². The highest BCUT2D eigenvalue weighted by Crippen LogP contribution is 2.18. The molecule has 2 aromatic carbocycles. The fraction of sp³-hybridized carbons (Fsp3) is 0. The molecule has 0 saturated heterocycles. The first-order valence-electron chi connectivity index (χ1n) is 8.52. The summed E-state index contributed by atoms with van der Waals surface area (Å²) < 4.78 is 1.59. The third kappa shape index (κ3) is 3.58. The maximum atomic E-state index is 12.8. The number of carbonyl (C=O) groups excluding carboxylic acids is 2. The molecule has 0 saturated carbocycles. The van der Waals surface area contributed by atoms with E-state index in [1.807, 2.05) is 18.2 Å². The second-order valence-electron chi connectivity index (χ2n) is 6.02. The van der Waals surface area contributed by atoms with E-state index in [2.05, 4.69) is 15.6 Å². The average Bonchev–Trinajstić information content (AvgIpc) is 3.10. The molecule has 0 aliphatic heterocycles. The van der Waals surface area contributed by atoms with Crippen molar-refractivity contribution in [1.82, 2.24) is 9.38 Å². The van der Waals surface area contributed by atoms with Gasteiger partial charge in [-0.2, -0.15) is 0 Å². The molecule has 7 heteroatoms. The Morgan fingerprint density at radius 3 is 2.18 bits per heavy atom. The Morgan fingerprint density at radius 2 is 1.43 bits per heavy atom. The Kier molecular flexibility index (Phi) is 4.78. The molecule has 0 aliphatic rings. The molecule has 0 bridgehead atoms. The number of halogens is 1. The van der Waals surface area contributed by atoms with E-state index in [1.54, 1.807) is 65.2 Å². The fourth-order valence-electron chi connectivity index (χ4n) is 2.80. The van der Waals surface area contributed by atoms with Crippen LogP contribution in [0.15, 0.2) is 79.0 Å². The number of benzene rings is 2. The molecule has 2 N–H and O–H groups in total. The van der Waals surface area contributed by atoms with Gasteiger partial charge in [0.15, 0.2) is 5.69 Å². The summed E-state index contributed by atoms with van der Waals surface area (Å²) in [6, 6.07) is 21.1. The molecule has 0 atom stereocenters. The van der Waals surface area contributed by atoms with Crippen LogP contribution in [0.5, 0.6) is 0 Å². The lowest BCUT2D eigenvalue weighted by atomic mass is 10.3. The van der Waals surface area contributed by atoms with Gasteiger partial charge in [-0.05, 0) is 48.5 Å². The van der Waals surface area contributed by atoms with Gasteiger partial charge in [0, 0.05) is 22.6 Å². The number of fused-ring (bicyclic) bond motifs is 1. The van der Waals surface area contributed by atoms with E-state index in [9.17, 15) is 9.59 Å². The number of carbonyl (C=O) groups is 2. The van der Waals surface area contributed by atoms with Crippen molar-refractivity contribution >= 4 is 40.3 Å². The lowest BCUT2D eigenvalue weighted by Crippen LogP contribution is -2.16. The maximum Gasteiger partial charge on any atom is 0.292 e. The number of hydrogen-bond acceptors (Lipinski definition) is 3. The van der Waals surface area contributed by atoms with Crippen molar-refractivity contribution in [3.63, 3.8) is 0 Å². The van der Waals surface area contributed by atoms with Crippen LogP contribution < -0.4 is 10.6 Å². The predicted molar refractivity (Wildman–Crippen MR) is 109 cm³/mol. The molecule has 0 fully saturated rings. The summed E-state index contributed by atoms with van der Waals surface area (Å²) in [7, 11) is 0. The van der Waals surface area contributed by atoms with Gasteiger partial charge >= 0.3 is 0 Å². The molecule has 0 radical (unpaired) electrons. The van der Waals surface area contributed by atoms with Gasteiger partial charge in [-0.1, -0.05) is 35.9 Å².